The van der Waals surface area contributed by atoms with Gasteiger partial charge in [0.25, 0.3) is 0 Å². The van der Waals surface area contributed by atoms with Crippen molar-refractivity contribution in [3.63, 3.8) is 0 Å². The van der Waals surface area contributed by atoms with E-state index in [9.17, 15) is 82.7 Å². The molecule has 5 saturated carbocycles. The number of carboxylic acid groups (broad SMARTS) is 2. The fourth-order valence-corrected chi connectivity index (χ4v) is 22.9. The molecule has 5 aliphatic carbocycles. The molecule has 16 nitrogen and oxygen atoms in total. The van der Waals surface area contributed by atoms with E-state index in [1.165, 1.54) is 82.2 Å². The molecule has 6 aliphatic rings. The Balaban J connectivity index is 0.000000172. The van der Waals surface area contributed by atoms with Crippen LogP contribution in [-0.2, 0) is 85.7 Å². The molecule has 11 aromatic carbocycles. The number of halogens is 7. The highest BCUT2D eigenvalue weighted by Gasteiger charge is 2.77. The van der Waals surface area contributed by atoms with Crippen LogP contribution < -0.4 is 10.2 Å². The summed E-state index contributed by atoms with van der Waals surface area (Å²) in [5, 5.41) is 30.7. The van der Waals surface area contributed by atoms with Crippen LogP contribution in [0.15, 0.2) is 353 Å². The van der Waals surface area contributed by atoms with Crippen molar-refractivity contribution >= 4 is 89.4 Å². The summed E-state index contributed by atoms with van der Waals surface area (Å²) < 4.78 is 133. The average Bonchev–Trinajstić information content (AvgIpc) is 1.51. The number of aliphatic carboxylic acids is 1. The first kappa shape index (κ1) is 105. The van der Waals surface area contributed by atoms with Crippen LogP contribution in [0.3, 0.4) is 0 Å². The molecule has 27 heteroatoms. The first-order valence-corrected chi connectivity index (χ1v) is 49.0. The maximum atomic E-state index is 12.5. The Labute approximate surface area is 783 Å². The van der Waals surface area contributed by atoms with E-state index < -0.39 is 86.6 Å². The molecular formula is C106H113F7O16S4. The van der Waals surface area contributed by atoms with Crippen molar-refractivity contribution in [1.82, 2.24) is 0 Å². The van der Waals surface area contributed by atoms with Crippen LogP contribution in [-0.4, -0.2) is 102 Å². The van der Waals surface area contributed by atoms with Crippen LogP contribution in [0.4, 0.5) is 30.7 Å². The third kappa shape index (κ3) is 26.0. The maximum Gasteiger partial charge on any atom is 0.460 e. The van der Waals surface area contributed by atoms with Gasteiger partial charge < -0.3 is 43.6 Å². The Bertz CT molecular complexity index is 5130. The molecule has 17 rings (SSSR count). The van der Waals surface area contributed by atoms with Crippen molar-refractivity contribution < 1.29 is 107 Å². The normalized spacial score (nSPS) is 19.5. The lowest BCUT2D eigenvalue weighted by atomic mass is 9.50. The second-order valence-corrected chi connectivity index (χ2v) is 42.4. The summed E-state index contributed by atoms with van der Waals surface area (Å²) in [5.41, 5.74) is -3.85. The Morgan fingerprint density at radius 1 is 0.459 bits per heavy atom. The molecule has 11 aromatic rings. The number of ether oxygens (including phenoxy) is 4. The number of hydrogen-bond acceptors (Lipinski definition) is 15. The highest BCUT2D eigenvalue weighted by Crippen LogP contribution is 2.66. The van der Waals surface area contributed by atoms with Crippen LogP contribution in [0.5, 0.6) is 5.75 Å². The molecule has 1 N–H and O–H groups in total. The summed E-state index contributed by atoms with van der Waals surface area (Å²) in [6, 6.07) is 106. The molecule has 6 fully saturated rings. The molecule has 706 valence electrons. The van der Waals surface area contributed by atoms with Crippen LogP contribution in [0.1, 0.15) is 144 Å². The largest absolute Gasteiger partial charge is 0.872 e. The lowest BCUT2D eigenvalue weighted by Crippen LogP contribution is -2.60. The van der Waals surface area contributed by atoms with Crippen molar-refractivity contribution in [1.29, 1.82) is 0 Å². The molecule has 2 unspecified atom stereocenters. The summed E-state index contributed by atoms with van der Waals surface area (Å²) in [7, 11) is -4.49. The lowest BCUT2D eigenvalue weighted by Gasteiger charge is -2.59. The topological polar surface area (TPSA) is 263 Å². The number of aromatic carboxylic acids is 1. The molecule has 1 aliphatic heterocycles. The zero-order valence-electron chi connectivity index (χ0n) is 76.1. The summed E-state index contributed by atoms with van der Waals surface area (Å²) in [6.45, 7) is 21.1. The minimum Gasteiger partial charge on any atom is -0.872 e. The fraction of sp³-hybridized carbons (Fsp3) is 0.340. The monoisotopic (exact) mass is 1900 g/mol. The molecule has 1 saturated heterocycles. The first-order chi connectivity index (χ1) is 62.8. The van der Waals surface area contributed by atoms with E-state index in [0.29, 0.717) is 36.7 Å². The smallest absolute Gasteiger partial charge is 0.460 e. The number of carbonyl (C=O) groups is 6. The number of esters is 4. The van der Waals surface area contributed by atoms with Crippen LogP contribution >= 0.6 is 0 Å². The molecule has 133 heavy (non-hydrogen) atoms. The van der Waals surface area contributed by atoms with Crippen LogP contribution in [0.25, 0.3) is 10.8 Å². The predicted octanol–water partition coefficient (Wildman–Crippen LogP) is 22.9. The maximum absolute atomic E-state index is 12.5. The lowest BCUT2D eigenvalue weighted by molar-refractivity contribution is -0.387. The zero-order valence-corrected chi connectivity index (χ0v) is 79.4. The van der Waals surface area contributed by atoms with E-state index in [0.717, 1.165) is 30.1 Å². The standard InChI is InChI=1S/3C18H15S.C17H28O2.C12H18O7S.C11H8O3.C8H16O2.C4HF7O2/c3*1-4-10-16(11-5-1)19(17-12-6-2-7-13-17)18-14-8-3-9-15-18;1-5-16(2,3)15(18)19-17(4)13-7-11-6-12(9-13)10-14(17)8-11;1-10(2)11(3)4-5-12(10,19-8(11)13)9(14)18-6-7-20(15,16)17;12-9-6-5-7-3-1-2-4-8(7)10(9)11(13)14;1-5-8(3,4)7(9)10-6-2;5-2(6,1(12)13)3(7,8)4(9,10)11/h3*1-15H;11-14H,5-10H2,1-4H3;4-7H2,1-3H3,(H,15,16,17);1-6,12H,(H,13,14);5-6H2,1-4H3;(H,12,13)/q3*+1;;;;;/p-3. The second-order valence-electron chi connectivity index (χ2n) is 34.8. The zero-order chi connectivity index (χ0) is 97.4. The molecule has 0 radical (unpaired) electrons. The minimum absolute atomic E-state index is 0.0146. The number of benzene rings is 11. The molecular weight excluding hydrogens is 1790 g/mol. The van der Waals surface area contributed by atoms with Crippen molar-refractivity contribution in [3.8, 4) is 5.75 Å². The average molecular weight is 1900 g/mol. The number of alkyl halides is 7. The number of rotatable bonds is 22. The molecule has 0 amide bonds. The summed E-state index contributed by atoms with van der Waals surface area (Å²) >= 11 is 0. The summed E-state index contributed by atoms with van der Waals surface area (Å²) in [5.74, 6) is -17.3. The van der Waals surface area contributed by atoms with Gasteiger partial charge in [-0.25, -0.2) is 18.0 Å². The molecule has 2 atom stereocenters. The Hall–Kier alpha value is -11.2. The molecule has 1 heterocycles. The van der Waals surface area contributed by atoms with Gasteiger partial charge in [0.05, 0.1) is 77.0 Å². The van der Waals surface area contributed by atoms with Gasteiger partial charge in [0.1, 0.15) is 18.2 Å². The second kappa shape index (κ2) is 46.1. The van der Waals surface area contributed by atoms with Crippen LogP contribution in [0, 0.1) is 45.3 Å². The van der Waals surface area contributed by atoms with Crippen molar-refractivity contribution in [3.05, 3.63) is 315 Å². The van der Waals surface area contributed by atoms with Gasteiger partial charge in [0.2, 0.25) is 5.60 Å². The third-order valence-corrected chi connectivity index (χ3v) is 32.5. The van der Waals surface area contributed by atoms with E-state index in [1.54, 1.807) is 51.1 Å². The van der Waals surface area contributed by atoms with Gasteiger partial charge in [-0.2, -0.15) is 30.7 Å². The van der Waals surface area contributed by atoms with E-state index in [2.05, 4.69) is 287 Å². The van der Waals surface area contributed by atoms with E-state index in [4.69, 9.17) is 24.1 Å². The van der Waals surface area contributed by atoms with Crippen molar-refractivity contribution in [2.45, 2.75) is 207 Å². The van der Waals surface area contributed by atoms with Gasteiger partial charge >= 0.3 is 47.9 Å². The molecule has 0 spiro atoms. The Kier molecular flexibility index (Phi) is 36.6. The van der Waals surface area contributed by atoms with Gasteiger partial charge in [-0.05, 0) is 250 Å². The van der Waals surface area contributed by atoms with Gasteiger partial charge in [0.15, 0.2) is 44.1 Å². The van der Waals surface area contributed by atoms with Crippen molar-refractivity contribution in [2.75, 3.05) is 19.0 Å². The number of carboxylic acids is 2. The molecule has 0 aromatic heterocycles. The van der Waals surface area contributed by atoms with E-state index >= 15 is 0 Å². The Morgan fingerprint density at radius 3 is 1.04 bits per heavy atom. The quantitative estimate of drug-likeness (QED) is 0.0217. The Morgan fingerprint density at radius 2 is 0.774 bits per heavy atom. The predicted molar refractivity (Wildman–Crippen MR) is 498 cm³/mol. The van der Waals surface area contributed by atoms with Crippen molar-refractivity contribution in [2.24, 2.45) is 45.3 Å². The SMILES string of the molecule is CC12CCC(C(=O)OCCS(=O)(=O)[O-])(OC1=O)C2(C)C.CCC(C)(C)C(=O)OC1(C)C2CC3CC(C2)CC1C3.CCOC(=O)C(C)(C)CC.O=C(O)c1c([O-])ccc2ccccc12.O=C([O-])C(F)(F)C(F)(F)C(F)(F)F.c1ccc([S+](c2ccccc2)c2ccccc2)cc1.c1ccc([S+](c2ccccc2)c2ccccc2)cc1.c1ccc([S+](c2ccccc2)c2ccccc2)cc1. The van der Waals surface area contributed by atoms with Gasteiger partial charge in [0, 0.05) is 5.41 Å². The fourth-order valence-electron chi connectivity index (χ4n) is 16.3. The van der Waals surface area contributed by atoms with Crippen LogP contribution in [0.2, 0.25) is 0 Å². The van der Waals surface area contributed by atoms with E-state index in [1.807, 2.05) is 41.5 Å². The number of fused-ring (bicyclic) bond motifs is 3. The third-order valence-electron chi connectivity index (χ3n) is 25.1. The summed E-state index contributed by atoms with van der Waals surface area (Å²) in [6.07, 6.45) is 2.50. The van der Waals surface area contributed by atoms with Gasteiger partial charge in [-0.3, -0.25) is 14.4 Å². The number of carbonyl (C=O) groups excluding carboxylic acids is 5. The highest BCUT2D eigenvalue weighted by molar-refractivity contribution is 7.97. The first-order valence-electron chi connectivity index (χ1n) is 43.7. The molecule has 6 bridgehead atoms. The minimum atomic E-state index is -6.64. The van der Waals surface area contributed by atoms with E-state index in [-0.39, 0.29) is 66.6 Å². The highest BCUT2D eigenvalue weighted by atomic mass is 32.2. The van der Waals surface area contributed by atoms with Gasteiger partial charge in [-0.15, -0.1) is 0 Å². The number of hydrogen-bond donors (Lipinski definition) is 1. The summed E-state index contributed by atoms with van der Waals surface area (Å²) in [4.78, 5) is 80.1. The van der Waals surface area contributed by atoms with Gasteiger partial charge in [-0.1, -0.05) is 234 Å².